The number of amides is 1. The van der Waals surface area contributed by atoms with Crippen LogP contribution in [-0.4, -0.2) is 29.8 Å². The van der Waals surface area contributed by atoms with Crippen molar-refractivity contribution in [3.05, 3.63) is 90.7 Å². The molecule has 4 aromatic rings. The van der Waals surface area contributed by atoms with Gasteiger partial charge in [0, 0.05) is 6.54 Å². The summed E-state index contributed by atoms with van der Waals surface area (Å²) in [6, 6.07) is 11.6. The van der Waals surface area contributed by atoms with Crippen LogP contribution in [0.5, 0.6) is 23.0 Å². The Morgan fingerprint density at radius 2 is 1.81 bits per heavy atom. The number of ether oxygens (including phenoxy) is 3. The minimum atomic E-state index is -0.777. The molecule has 8 nitrogen and oxygen atoms in total. The van der Waals surface area contributed by atoms with Gasteiger partial charge in [0.15, 0.2) is 28.4 Å². The first kappa shape index (κ1) is 23.4. The maximum atomic E-state index is 13.9. The molecule has 1 aromatic heterocycles. The molecule has 0 bridgehead atoms. The molecular weight excluding hydrogens is 542 g/mol. The average molecular weight is 564 g/mol. The molecule has 0 aliphatic carbocycles. The molecule has 2 aliphatic heterocycles. The Bertz CT molecular complexity index is 1680. The van der Waals surface area contributed by atoms with E-state index in [9.17, 15) is 14.7 Å². The number of halogens is 1. The summed E-state index contributed by atoms with van der Waals surface area (Å²) in [5.41, 5.74) is 3.64. The number of carbonyl (C=O) groups is 1. The van der Waals surface area contributed by atoms with Crippen molar-refractivity contribution in [2.75, 3.05) is 13.9 Å². The molecule has 2 aliphatic rings. The van der Waals surface area contributed by atoms with Gasteiger partial charge in [0.25, 0.3) is 5.91 Å². The van der Waals surface area contributed by atoms with Crippen molar-refractivity contribution in [2.24, 2.45) is 0 Å². The number of nitrogens with zero attached hydrogens (tertiary/aromatic N) is 1. The van der Waals surface area contributed by atoms with Crippen molar-refractivity contribution in [3.8, 4) is 23.0 Å². The molecular formula is C28H22BrNO7. The molecule has 3 heterocycles. The number of aryl methyl sites for hydroxylation is 2. The number of hydrogen-bond donors (Lipinski definition) is 1. The minimum Gasteiger partial charge on any atom is -0.503 e. The van der Waals surface area contributed by atoms with Crippen molar-refractivity contribution < 1.29 is 28.5 Å². The highest BCUT2D eigenvalue weighted by molar-refractivity contribution is 9.10. The second kappa shape index (κ2) is 8.55. The lowest BCUT2D eigenvalue weighted by molar-refractivity contribution is 0.0714. The summed E-state index contributed by atoms with van der Waals surface area (Å²) >= 11 is 3.37. The van der Waals surface area contributed by atoms with Crippen LogP contribution in [0.3, 0.4) is 0 Å². The lowest BCUT2D eigenvalue weighted by atomic mass is 9.97. The largest absolute Gasteiger partial charge is 0.503 e. The van der Waals surface area contributed by atoms with E-state index in [0.717, 1.165) is 16.7 Å². The SMILES string of the molecule is COc1cc(C2c3c(oc4cc(C)c(C)cc4c3=O)C(=O)N2Cc2ccc3c(c2)OCO3)cc(Br)c1O. The van der Waals surface area contributed by atoms with E-state index in [4.69, 9.17) is 18.6 Å². The molecule has 188 valence electrons. The van der Waals surface area contributed by atoms with Gasteiger partial charge in [-0.1, -0.05) is 6.07 Å². The Labute approximate surface area is 220 Å². The van der Waals surface area contributed by atoms with E-state index in [1.54, 1.807) is 35.2 Å². The van der Waals surface area contributed by atoms with Gasteiger partial charge in [-0.2, -0.15) is 0 Å². The smallest absolute Gasteiger partial charge is 0.291 e. The molecule has 0 saturated carbocycles. The van der Waals surface area contributed by atoms with Crippen LogP contribution in [0.4, 0.5) is 0 Å². The van der Waals surface area contributed by atoms with E-state index >= 15 is 0 Å². The number of carbonyl (C=O) groups excluding carboxylic acids is 1. The Balaban J connectivity index is 1.57. The van der Waals surface area contributed by atoms with Crippen molar-refractivity contribution in [1.29, 1.82) is 0 Å². The van der Waals surface area contributed by atoms with Crippen molar-refractivity contribution in [3.63, 3.8) is 0 Å². The van der Waals surface area contributed by atoms with E-state index in [2.05, 4.69) is 15.9 Å². The summed E-state index contributed by atoms with van der Waals surface area (Å²) in [5, 5.41) is 10.8. The first-order valence-corrected chi connectivity index (χ1v) is 12.4. The zero-order valence-corrected chi connectivity index (χ0v) is 21.8. The van der Waals surface area contributed by atoms with Crippen LogP contribution >= 0.6 is 15.9 Å². The third-order valence-electron chi connectivity index (χ3n) is 6.96. The molecule has 0 saturated heterocycles. The molecule has 0 spiro atoms. The maximum absolute atomic E-state index is 13.9. The molecule has 1 N–H and O–H groups in total. The predicted octanol–water partition coefficient (Wildman–Crippen LogP) is 5.36. The van der Waals surface area contributed by atoms with Gasteiger partial charge in [0.1, 0.15) is 5.58 Å². The fourth-order valence-electron chi connectivity index (χ4n) is 4.93. The van der Waals surface area contributed by atoms with Crippen LogP contribution < -0.4 is 19.6 Å². The van der Waals surface area contributed by atoms with E-state index in [1.807, 2.05) is 26.0 Å². The van der Waals surface area contributed by atoms with Crippen molar-refractivity contribution in [1.82, 2.24) is 4.90 Å². The van der Waals surface area contributed by atoms with Crippen molar-refractivity contribution in [2.45, 2.75) is 26.4 Å². The second-order valence-corrected chi connectivity index (χ2v) is 10.0. The van der Waals surface area contributed by atoms with Gasteiger partial charge in [-0.25, -0.2) is 0 Å². The third-order valence-corrected chi connectivity index (χ3v) is 7.56. The van der Waals surface area contributed by atoms with Crippen LogP contribution in [0.15, 0.2) is 56.1 Å². The van der Waals surface area contributed by atoms with Crippen LogP contribution in [0.2, 0.25) is 0 Å². The van der Waals surface area contributed by atoms with Gasteiger partial charge in [-0.3, -0.25) is 9.59 Å². The summed E-state index contributed by atoms with van der Waals surface area (Å²) in [5.74, 6) is 0.975. The molecule has 0 fully saturated rings. The fraction of sp³-hybridized carbons (Fsp3) is 0.214. The fourth-order valence-corrected chi connectivity index (χ4v) is 5.39. The monoisotopic (exact) mass is 563 g/mol. The Morgan fingerprint density at radius 1 is 1.05 bits per heavy atom. The number of phenolic OH excluding ortho intramolecular Hbond substituents is 1. The molecule has 1 atom stereocenters. The average Bonchev–Trinajstić information content (AvgIpc) is 3.45. The second-order valence-electron chi connectivity index (χ2n) is 9.18. The van der Waals surface area contributed by atoms with E-state index in [-0.39, 0.29) is 41.6 Å². The first-order valence-electron chi connectivity index (χ1n) is 11.6. The van der Waals surface area contributed by atoms with Gasteiger partial charge in [0.05, 0.1) is 28.6 Å². The molecule has 37 heavy (non-hydrogen) atoms. The third kappa shape index (κ3) is 3.64. The number of hydrogen-bond acceptors (Lipinski definition) is 7. The molecule has 6 rings (SSSR count). The number of phenols is 1. The summed E-state index contributed by atoms with van der Waals surface area (Å²) in [4.78, 5) is 29.3. The normalized spacial score (nSPS) is 15.9. The zero-order valence-electron chi connectivity index (χ0n) is 20.3. The summed E-state index contributed by atoms with van der Waals surface area (Å²) in [6.07, 6.45) is 0. The Hall–Kier alpha value is -3.98. The lowest BCUT2D eigenvalue weighted by Gasteiger charge is -2.26. The van der Waals surface area contributed by atoms with Crippen LogP contribution in [-0.2, 0) is 6.54 Å². The first-order chi connectivity index (χ1) is 17.8. The maximum Gasteiger partial charge on any atom is 0.291 e. The highest BCUT2D eigenvalue weighted by Crippen LogP contribution is 2.44. The van der Waals surface area contributed by atoms with Gasteiger partial charge in [-0.15, -0.1) is 0 Å². The van der Waals surface area contributed by atoms with Gasteiger partial charge < -0.3 is 28.6 Å². The number of benzene rings is 3. The quantitative estimate of drug-likeness (QED) is 0.357. The van der Waals surface area contributed by atoms with Gasteiger partial charge in [0.2, 0.25) is 12.6 Å². The zero-order chi connectivity index (χ0) is 26.0. The number of fused-ring (bicyclic) bond motifs is 3. The summed E-state index contributed by atoms with van der Waals surface area (Å²) in [7, 11) is 1.44. The number of aromatic hydroxyl groups is 1. The summed E-state index contributed by atoms with van der Waals surface area (Å²) in [6.45, 7) is 4.18. The van der Waals surface area contributed by atoms with Crippen molar-refractivity contribution >= 4 is 32.8 Å². The number of rotatable bonds is 4. The van der Waals surface area contributed by atoms with Crippen LogP contribution in [0, 0.1) is 13.8 Å². The minimum absolute atomic E-state index is 0.00895. The topological polar surface area (TPSA) is 98.4 Å². The molecule has 9 heteroatoms. The van der Waals surface area contributed by atoms with Crippen LogP contribution in [0.1, 0.15) is 44.4 Å². The highest BCUT2D eigenvalue weighted by atomic mass is 79.9. The van der Waals surface area contributed by atoms with Gasteiger partial charge >= 0.3 is 0 Å². The molecule has 1 unspecified atom stereocenters. The van der Waals surface area contributed by atoms with E-state index in [1.165, 1.54) is 7.11 Å². The van der Waals surface area contributed by atoms with Crippen LogP contribution in [0.25, 0.3) is 11.0 Å². The Morgan fingerprint density at radius 3 is 2.59 bits per heavy atom. The molecule has 3 aromatic carbocycles. The standard InChI is InChI=1S/C28H22BrNO7/c1-13-6-17-20(7-14(13)2)37-27-23(25(17)31)24(16-9-18(29)26(32)22(10-16)34-3)30(28(27)33)11-15-4-5-19-21(8-15)36-12-35-19/h4-10,24,32H,11-12H2,1-3H3. The highest BCUT2D eigenvalue weighted by Gasteiger charge is 2.43. The molecule has 0 radical (unpaired) electrons. The van der Waals surface area contributed by atoms with E-state index in [0.29, 0.717) is 32.5 Å². The summed E-state index contributed by atoms with van der Waals surface area (Å²) < 4.78 is 22.8. The Kier molecular flexibility index (Phi) is 5.41. The van der Waals surface area contributed by atoms with E-state index < -0.39 is 11.9 Å². The lowest BCUT2D eigenvalue weighted by Crippen LogP contribution is -2.29. The van der Waals surface area contributed by atoms with Gasteiger partial charge in [-0.05, 0) is 88.4 Å². The number of methoxy groups -OCH3 is 1. The molecule has 1 amide bonds. The predicted molar refractivity (Wildman–Crippen MR) is 139 cm³/mol.